The molecular weight excluding hydrogens is 242 g/mol. The maximum atomic E-state index is 11.2. The molecule has 0 bridgehead atoms. The maximum Gasteiger partial charge on any atom is 0.324 e. The molecule has 0 aromatic heterocycles. The zero-order valence-electron chi connectivity index (χ0n) is 10.3. The SMILES string of the molecule is CCCCC(C(=O)O)C(N)(CCSC)C(=O)O. The van der Waals surface area contributed by atoms with Gasteiger partial charge in [-0.2, -0.15) is 11.8 Å². The molecule has 17 heavy (non-hydrogen) atoms. The number of nitrogens with two attached hydrogens (primary N) is 1. The lowest BCUT2D eigenvalue weighted by atomic mass is 9.79. The van der Waals surface area contributed by atoms with Gasteiger partial charge in [0.25, 0.3) is 0 Å². The fraction of sp³-hybridized carbons (Fsp3) is 0.818. The molecule has 0 aliphatic rings. The summed E-state index contributed by atoms with van der Waals surface area (Å²) in [6.07, 6.45) is 3.81. The number of thioether (sulfide) groups is 1. The minimum absolute atomic E-state index is 0.171. The standard InChI is InChI=1S/C11H21NO4S/c1-3-4-5-8(9(13)14)11(12,10(15)16)6-7-17-2/h8H,3-7,12H2,1-2H3,(H,13,14)(H,15,16). The molecule has 0 aliphatic carbocycles. The summed E-state index contributed by atoms with van der Waals surface area (Å²) in [5.74, 6) is -2.83. The second kappa shape index (κ2) is 7.55. The summed E-state index contributed by atoms with van der Waals surface area (Å²) < 4.78 is 0. The minimum Gasteiger partial charge on any atom is -0.481 e. The Morgan fingerprint density at radius 2 is 2.00 bits per heavy atom. The van der Waals surface area contributed by atoms with E-state index >= 15 is 0 Å². The molecule has 0 fully saturated rings. The predicted octanol–water partition coefficient (Wildman–Crippen LogP) is 1.41. The predicted molar refractivity (Wildman–Crippen MR) is 68.2 cm³/mol. The quantitative estimate of drug-likeness (QED) is 0.581. The molecule has 0 aromatic rings. The van der Waals surface area contributed by atoms with Gasteiger partial charge in [0.2, 0.25) is 0 Å². The Balaban J connectivity index is 4.93. The average Bonchev–Trinajstić information content (AvgIpc) is 2.26. The van der Waals surface area contributed by atoms with Crippen LogP contribution < -0.4 is 5.73 Å². The average molecular weight is 263 g/mol. The van der Waals surface area contributed by atoms with Crippen molar-refractivity contribution in [3.8, 4) is 0 Å². The lowest BCUT2D eigenvalue weighted by molar-refractivity contribution is -0.156. The van der Waals surface area contributed by atoms with Crippen molar-refractivity contribution in [1.29, 1.82) is 0 Å². The highest BCUT2D eigenvalue weighted by Gasteiger charge is 2.45. The molecule has 0 amide bonds. The second-order valence-electron chi connectivity index (χ2n) is 4.12. The molecule has 5 nitrogen and oxygen atoms in total. The van der Waals surface area contributed by atoms with Gasteiger partial charge >= 0.3 is 11.9 Å². The van der Waals surface area contributed by atoms with Crippen molar-refractivity contribution in [2.75, 3.05) is 12.0 Å². The van der Waals surface area contributed by atoms with Gasteiger partial charge in [0.05, 0.1) is 5.92 Å². The molecule has 0 heterocycles. The number of carboxylic acids is 2. The Morgan fingerprint density at radius 3 is 2.35 bits per heavy atom. The van der Waals surface area contributed by atoms with E-state index in [2.05, 4.69) is 0 Å². The van der Waals surface area contributed by atoms with Crippen molar-refractivity contribution < 1.29 is 19.8 Å². The van der Waals surface area contributed by atoms with E-state index in [4.69, 9.17) is 10.8 Å². The first-order chi connectivity index (χ1) is 7.90. The van der Waals surface area contributed by atoms with Crippen LogP contribution in [0.15, 0.2) is 0 Å². The van der Waals surface area contributed by atoms with Crippen LogP contribution in [0.25, 0.3) is 0 Å². The van der Waals surface area contributed by atoms with E-state index in [0.29, 0.717) is 18.6 Å². The molecular formula is C11H21NO4S. The third-order valence-corrected chi connectivity index (χ3v) is 3.50. The Hall–Kier alpha value is -0.750. The van der Waals surface area contributed by atoms with Crippen LogP contribution in [0.1, 0.15) is 32.6 Å². The summed E-state index contributed by atoms with van der Waals surface area (Å²) in [6.45, 7) is 1.93. The number of aliphatic carboxylic acids is 2. The van der Waals surface area contributed by atoms with Crippen LogP contribution in [0.4, 0.5) is 0 Å². The number of carboxylic acid groups (broad SMARTS) is 2. The highest BCUT2D eigenvalue weighted by molar-refractivity contribution is 7.98. The van der Waals surface area contributed by atoms with Gasteiger partial charge in [0, 0.05) is 0 Å². The molecule has 2 atom stereocenters. The van der Waals surface area contributed by atoms with E-state index < -0.39 is 23.4 Å². The number of unbranched alkanes of at least 4 members (excludes halogenated alkanes) is 1. The topological polar surface area (TPSA) is 101 Å². The molecule has 0 aromatic carbocycles. The van der Waals surface area contributed by atoms with Crippen LogP contribution in [0, 0.1) is 5.92 Å². The lowest BCUT2D eigenvalue weighted by Crippen LogP contribution is -2.57. The Morgan fingerprint density at radius 1 is 1.41 bits per heavy atom. The number of hydrogen-bond acceptors (Lipinski definition) is 4. The molecule has 4 N–H and O–H groups in total. The molecule has 0 spiro atoms. The van der Waals surface area contributed by atoms with E-state index in [1.165, 1.54) is 11.8 Å². The summed E-state index contributed by atoms with van der Waals surface area (Å²) >= 11 is 1.46. The van der Waals surface area contributed by atoms with Crippen LogP contribution in [-0.4, -0.2) is 39.7 Å². The molecule has 0 radical (unpaired) electrons. The van der Waals surface area contributed by atoms with Gasteiger partial charge in [-0.1, -0.05) is 19.8 Å². The summed E-state index contributed by atoms with van der Waals surface area (Å²) in [4.78, 5) is 22.4. The van der Waals surface area contributed by atoms with E-state index in [1.54, 1.807) is 0 Å². The Labute approximate surface area is 106 Å². The minimum atomic E-state index is -1.66. The highest BCUT2D eigenvalue weighted by atomic mass is 32.2. The largest absolute Gasteiger partial charge is 0.481 e. The first kappa shape index (κ1) is 16.2. The Kier molecular flexibility index (Phi) is 7.22. The molecule has 0 saturated heterocycles. The van der Waals surface area contributed by atoms with Crippen molar-refractivity contribution in [1.82, 2.24) is 0 Å². The number of carbonyl (C=O) groups is 2. The van der Waals surface area contributed by atoms with Crippen LogP contribution in [0.5, 0.6) is 0 Å². The monoisotopic (exact) mass is 263 g/mol. The third-order valence-electron chi connectivity index (χ3n) is 2.88. The molecule has 100 valence electrons. The highest BCUT2D eigenvalue weighted by Crippen LogP contribution is 2.26. The fourth-order valence-electron chi connectivity index (χ4n) is 1.71. The van der Waals surface area contributed by atoms with Crippen molar-refractivity contribution in [2.24, 2.45) is 11.7 Å². The first-order valence-corrected chi connectivity index (χ1v) is 7.03. The number of rotatable bonds is 9. The second-order valence-corrected chi connectivity index (χ2v) is 5.11. The third kappa shape index (κ3) is 4.55. The lowest BCUT2D eigenvalue weighted by Gasteiger charge is -2.30. The van der Waals surface area contributed by atoms with E-state index in [-0.39, 0.29) is 6.42 Å². The summed E-state index contributed by atoms with van der Waals surface area (Å²) in [5.41, 5.74) is 4.16. The van der Waals surface area contributed by atoms with E-state index in [1.807, 2.05) is 13.2 Å². The molecule has 0 aliphatic heterocycles. The Bertz CT molecular complexity index is 272. The van der Waals surface area contributed by atoms with Gasteiger partial charge in [-0.25, -0.2) is 0 Å². The summed E-state index contributed by atoms with van der Waals surface area (Å²) in [7, 11) is 0. The normalized spacial score (nSPS) is 16.2. The van der Waals surface area contributed by atoms with Gasteiger partial charge in [0.1, 0.15) is 5.54 Å². The van der Waals surface area contributed by atoms with Crippen LogP contribution in [0.3, 0.4) is 0 Å². The molecule has 0 rings (SSSR count). The van der Waals surface area contributed by atoms with Crippen LogP contribution in [-0.2, 0) is 9.59 Å². The number of hydrogen-bond donors (Lipinski definition) is 3. The fourth-order valence-corrected chi connectivity index (χ4v) is 2.25. The van der Waals surface area contributed by atoms with Gasteiger partial charge in [0.15, 0.2) is 0 Å². The first-order valence-electron chi connectivity index (χ1n) is 5.64. The van der Waals surface area contributed by atoms with E-state index in [9.17, 15) is 14.7 Å². The zero-order valence-corrected chi connectivity index (χ0v) is 11.1. The van der Waals surface area contributed by atoms with Crippen LogP contribution >= 0.6 is 11.8 Å². The van der Waals surface area contributed by atoms with Crippen LogP contribution in [0.2, 0.25) is 0 Å². The molecule has 0 saturated carbocycles. The van der Waals surface area contributed by atoms with Crippen molar-refractivity contribution in [2.45, 2.75) is 38.1 Å². The van der Waals surface area contributed by atoms with E-state index in [0.717, 1.165) is 6.42 Å². The van der Waals surface area contributed by atoms with Gasteiger partial charge in [-0.15, -0.1) is 0 Å². The molecule has 6 heteroatoms. The van der Waals surface area contributed by atoms with Crippen molar-refractivity contribution in [3.63, 3.8) is 0 Å². The van der Waals surface area contributed by atoms with Gasteiger partial charge in [-0.3, -0.25) is 9.59 Å². The molecule has 2 unspecified atom stereocenters. The van der Waals surface area contributed by atoms with Crippen molar-refractivity contribution in [3.05, 3.63) is 0 Å². The van der Waals surface area contributed by atoms with Crippen molar-refractivity contribution >= 4 is 23.7 Å². The maximum absolute atomic E-state index is 11.2. The van der Waals surface area contributed by atoms with Gasteiger partial charge in [-0.05, 0) is 24.9 Å². The van der Waals surface area contributed by atoms with Gasteiger partial charge < -0.3 is 15.9 Å². The zero-order chi connectivity index (χ0) is 13.5. The smallest absolute Gasteiger partial charge is 0.324 e. The summed E-state index contributed by atoms with van der Waals surface area (Å²) in [6, 6.07) is 0. The summed E-state index contributed by atoms with van der Waals surface area (Å²) in [5, 5.41) is 18.3.